The summed E-state index contributed by atoms with van der Waals surface area (Å²) >= 11 is 0. The molecule has 1 heteroatoms. The highest BCUT2D eigenvalue weighted by atomic mass is 19.1. The summed E-state index contributed by atoms with van der Waals surface area (Å²) in [6.07, 6.45) is 0. The Labute approximate surface area is 32.0 Å². The van der Waals surface area contributed by atoms with Crippen LogP contribution in [0.5, 0.6) is 0 Å². The summed E-state index contributed by atoms with van der Waals surface area (Å²) in [6, 6.07) is 0. The summed E-state index contributed by atoms with van der Waals surface area (Å²) in [7, 11) is 0. The molecule has 0 bridgehead atoms. The summed E-state index contributed by atoms with van der Waals surface area (Å²) < 4.78 is 11.6. The average Bonchev–Trinajstić information content (AvgIpc) is 0.722. The van der Waals surface area contributed by atoms with E-state index in [-0.39, 0.29) is 0 Å². The van der Waals surface area contributed by atoms with E-state index in [0.29, 0.717) is 0 Å². The Balaban J connectivity index is 3.02. The van der Waals surface area contributed by atoms with Crippen molar-refractivity contribution in [2.45, 2.75) is 19.5 Å². The van der Waals surface area contributed by atoms with Gasteiger partial charge in [0.05, 0.1) is 0 Å². The molecular formula is C4H8F. The fourth-order valence-corrected chi connectivity index (χ4v) is 0. The van der Waals surface area contributed by atoms with Crippen LogP contribution in [-0.2, 0) is 0 Å². The first-order valence-corrected chi connectivity index (χ1v) is 1.54. The van der Waals surface area contributed by atoms with Gasteiger partial charge in [0.1, 0.15) is 5.67 Å². The third kappa shape index (κ3) is 2990. The highest BCUT2D eigenvalue weighted by Crippen LogP contribution is 2.01. The predicted molar refractivity (Wildman–Crippen MR) is 20.5 cm³/mol. The normalized spacial score (nSPS) is 12.0. The Hall–Kier alpha value is -0.0700. The number of rotatable bonds is 0. The summed E-state index contributed by atoms with van der Waals surface area (Å²) in [4.78, 5) is 0. The SMILES string of the molecule is [CH2]C(C)(C)F. The van der Waals surface area contributed by atoms with Gasteiger partial charge in [-0.25, -0.2) is 4.39 Å². The van der Waals surface area contributed by atoms with Gasteiger partial charge in [0.2, 0.25) is 0 Å². The fourth-order valence-electron chi connectivity index (χ4n) is 0. The number of halogens is 1. The van der Waals surface area contributed by atoms with Crippen LogP contribution in [0.15, 0.2) is 0 Å². The van der Waals surface area contributed by atoms with E-state index in [1.807, 2.05) is 0 Å². The molecule has 0 amide bonds. The summed E-state index contributed by atoms with van der Waals surface area (Å²) in [6.45, 7) is 5.92. The molecule has 0 aliphatic rings. The molecule has 0 aliphatic carbocycles. The standard InChI is InChI=1S/C4H8F/c1-4(2,3)5/h1H2,2-3H3. The van der Waals surface area contributed by atoms with Crippen molar-refractivity contribution in [3.63, 3.8) is 0 Å². The van der Waals surface area contributed by atoms with Gasteiger partial charge in [-0.1, -0.05) is 0 Å². The van der Waals surface area contributed by atoms with E-state index in [9.17, 15) is 4.39 Å². The van der Waals surface area contributed by atoms with E-state index in [4.69, 9.17) is 0 Å². The molecule has 0 rings (SSSR count). The van der Waals surface area contributed by atoms with Gasteiger partial charge in [-0.2, -0.15) is 0 Å². The monoisotopic (exact) mass is 75.1 g/mol. The fraction of sp³-hybridized carbons (Fsp3) is 0.750. The van der Waals surface area contributed by atoms with Crippen molar-refractivity contribution in [3.05, 3.63) is 6.92 Å². The molecule has 0 heterocycles. The molecule has 0 aromatic rings. The molecule has 0 aromatic carbocycles. The van der Waals surface area contributed by atoms with Crippen molar-refractivity contribution in [3.8, 4) is 0 Å². The third-order valence-corrected chi connectivity index (χ3v) is 0. The van der Waals surface area contributed by atoms with E-state index in [0.717, 1.165) is 0 Å². The van der Waals surface area contributed by atoms with Crippen LogP contribution < -0.4 is 0 Å². The van der Waals surface area contributed by atoms with E-state index >= 15 is 0 Å². The molecule has 0 saturated carbocycles. The molecule has 0 aliphatic heterocycles. The maximum absolute atomic E-state index is 11.6. The third-order valence-electron chi connectivity index (χ3n) is 0. The Morgan fingerprint density at radius 1 is 1.60 bits per heavy atom. The van der Waals surface area contributed by atoms with E-state index < -0.39 is 5.67 Å². The van der Waals surface area contributed by atoms with Crippen LogP contribution in [0.2, 0.25) is 0 Å². The van der Waals surface area contributed by atoms with Gasteiger partial charge in [-0.15, -0.1) is 0 Å². The lowest BCUT2D eigenvalue weighted by Gasteiger charge is -1.99. The zero-order valence-corrected chi connectivity index (χ0v) is 3.59. The van der Waals surface area contributed by atoms with Crippen LogP contribution >= 0.6 is 0 Å². The lowest BCUT2D eigenvalue weighted by molar-refractivity contribution is 0.283. The molecule has 31 valence electrons. The van der Waals surface area contributed by atoms with Crippen LogP contribution in [0.3, 0.4) is 0 Å². The number of alkyl halides is 1. The van der Waals surface area contributed by atoms with Gasteiger partial charge in [0.15, 0.2) is 0 Å². The smallest absolute Gasteiger partial charge is 0.105 e. The van der Waals surface area contributed by atoms with E-state index in [1.165, 1.54) is 13.8 Å². The molecule has 0 fully saturated rings. The van der Waals surface area contributed by atoms with E-state index in [1.54, 1.807) is 0 Å². The van der Waals surface area contributed by atoms with Crippen LogP contribution in [0.1, 0.15) is 13.8 Å². The second-order valence-electron chi connectivity index (χ2n) is 1.72. The maximum atomic E-state index is 11.6. The van der Waals surface area contributed by atoms with Crippen molar-refractivity contribution in [1.29, 1.82) is 0 Å². The summed E-state index contributed by atoms with van der Waals surface area (Å²) in [5.41, 5.74) is -1.25. The molecule has 1 radical (unpaired) electrons. The van der Waals surface area contributed by atoms with Crippen LogP contribution in [0.4, 0.5) is 4.39 Å². The Kier molecular flexibility index (Phi) is 0.946. The molecular weight excluding hydrogens is 67.0 g/mol. The lowest BCUT2D eigenvalue weighted by Crippen LogP contribution is -2.02. The number of hydrogen-bond donors (Lipinski definition) is 0. The first-order chi connectivity index (χ1) is 2.00. The van der Waals surface area contributed by atoms with Gasteiger partial charge < -0.3 is 0 Å². The minimum atomic E-state index is -1.25. The van der Waals surface area contributed by atoms with Crippen molar-refractivity contribution < 1.29 is 4.39 Å². The Morgan fingerprint density at radius 2 is 1.60 bits per heavy atom. The minimum Gasteiger partial charge on any atom is -0.244 e. The van der Waals surface area contributed by atoms with Crippen LogP contribution in [-0.4, -0.2) is 5.67 Å². The lowest BCUT2D eigenvalue weighted by atomic mass is 10.2. The molecule has 0 saturated heterocycles. The quantitative estimate of drug-likeness (QED) is 0.410. The average molecular weight is 75.1 g/mol. The van der Waals surface area contributed by atoms with Crippen molar-refractivity contribution >= 4 is 0 Å². The highest BCUT2D eigenvalue weighted by molar-refractivity contribution is 4.65. The number of hydrogen-bond acceptors (Lipinski definition) is 0. The first-order valence-electron chi connectivity index (χ1n) is 1.54. The van der Waals surface area contributed by atoms with Crippen molar-refractivity contribution in [1.82, 2.24) is 0 Å². The first kappa shape index (κ1) is 4.93. The van der Waals surface area contributed by atoms with Gasteiger partial charge in [0.25, 0.3) is 0 Å². The minimum absolute atomic E-state index is 1.25. The van der Waals surface area contributed by atoms with Gasteiger partial charge in [-0.3, -0.25) is 0 Å². The summed E-state index contributed by atoms with van der Waals surface area (Å²) in [5.74, 6) is 0. The largest absolute Gasteiger partial charge is 0.244 e. The van der Waals surface area contributed by atoms with Gasteiger partial charge in [-0.05, 0) is 20.8 Å². The highest BCUT2D eigenvalue weighted by Gasteiger charge is 2.02. The van der Waals surface area contributed by atoms with Crippen LogP contribution in [0.25, 0.3) is 0 Å². The zero-order valence-electron chi connectivity index (χ0n) is 3.59. The summed E-state index contributed by atoms with van der Waals surface area (Å²) in [5, 5.41) is 0. The molecule has 5 heavy (non-hydrogen) atoms. The molecule has 0 atom stereocenters. The molecule has 0 aromatic heterocycles. The molecule has 0 spiro atoms. The van der Waals surface area contributed by atoms with Gasteiger partial charge in [0, 0.05) is 0 Å². The van der Waals surface area contributed by atoms with Crippen molar-refractivity contribution in [2.24, 2.45) is 0 Å². The van der Waals surface area contributed by atoms with Gasteiger partial charge >= 0.3 is 0 Å². The topological polar surface area (TPSA) is 0 Å². The predicted octanol–water partition coefficient (Wildman–Crippen LogP) is 1.57. The maximum Gasteiger partial charge on any atom is 0.105 e. The molecule has 0 N–H and O–H groups in total. The Morgan fingerprint density at radius 3 is 1.60 bits per heavy atom. The van der Waals surface area contributed by atoms with E-state index in [2.05, 4.69) is 6.92 Å². The Bertz CT molecular complexity index is 19.1. The zero-order chi connectivity index (χ0) is 4.50. The molecule has 0 unspecified atom stereocenters. The molecule has 0 nitrogen and oxygen atoms in total. The second kappa shape index (κ2) is 0.959. The van der Waals surface area contributed by atoms with Crippen molar-refractivity contribution in [2.75, 3.05) is 0 Å². The second-order valence-corrected chi connectivity index (χ2v) is 1.72. The van der Waals surface area contributed by atoms with Crippen LogP contribution in [0, 0.1) is 6.92 Å².